The van der Waals surface area contributed by atoms with Crippen LogP contribution in [0.2, 0.25) is 0 Å². The lowest BCUT2D eigenvalue weighted by atomic mass is 10.2. The molecule has 0 unspecified atom stereocenters. The third kappa shape index (κ3) is 2.06. The van der Waals surface area contributed by atoms with Crippen LogP contribution in [0.5, 0.6) is 0 Å². The minimum absolute atomic E-state index is 0.110. The van der Waals surface area contributed by atoms with Gasteiger partial charge in [-0.1, -0.05) is 30.3 Å². The maximum atomic E-state index is 9.00. The highest BCUT2D eigenvalue weighted by Gasteiger charge is 2.08. The van der Waals surface area contributed by atoms with Crippen molar-refractivity contribution in [2.45, 2.75) is 6.54 Å². The van der Waals surface area contributed by atoms with E-state index in [9.17, 15) is 0 Å². The number of hydrogen-bond donors (Lipinski definition) is 2. The van der Waals surface area contributed by atoms with E-state index in [1.807, 2.05) is 48.1 Å². The largest absolute Gasteiger partial charge is 0.395 e. The van der Waals surface area contributed by atoms with Crippen molar-refractivity contribution in [2.75, 3.05) is 19.0 Å². The summed E-state index contributed by atoms with van der Waals surface area (Å²) in [5.41, 5.74) is 1.05. The number of anilines is 1. The van der Waals surface area contributed by atoms with E-state index < -0.39 is 0 Å². The number of nitrogens with zero attached hydrogens (tertiary/aromatic N) is 2. The minimum Gasteiger partial charge on any atom is -0.395 e. The Morgan fingerprint density at radius 2 is 2.06 bits per heavy atom. The summed E-state index contributed by atoms with van der Waals surface area (Å²) in [5.74, 6) is 1.69. The summed E-state index contributed by atoms with van der Waals surface area (Å²) in [7, 11) is 1.83. The molecule has 84 valence electrons. The molecule has 1 aromatic carbocycles. The molecule has 0 saturated heterocycles. The van der Waals surface area contributed by atoms with Gasteiger partial charge in [0, 0.05) is 25.4 Å². The lowest BCUT2D eigenvalue weighted by Crippen LogP contribution is -2.02. The fourth-order valence-electron chi connectivity index (χ4n) is 1.63. The summed E-state index contributed by atoms with van der Waals surface area (Å²) in [6, 6.07) is 9.95. The quantitative estimate of drug-likeness (QED) is 0.817. The normalized spacial score (nSPS) is 10.4. The van der Waals surface area contributed by atoms with E-state index in [1.165, 1.54) is 0 Å². The molecule has 2 aromatic rings. The number of hydrogen-bond acceptors (Lipinski definition) is 3. The SMILES string of the molecule is CNc1cn(CCO)c(-c2ccccc2)n1. The van der Waals surface area contributed by atoms with Crippen molar-refractivity contribution < 1.29 is 5.11 Å². The van der Waals surface area contributed by atoms with Gasteiger partial charge in [0.2, 0.25) is 0 Å². The molecule has 0 spiro atoms. The van der Waals surface area contributed by atoms with E-state index in [0.717, 1.165) is 17.2 Å². The first-order valence-electron chi connectivity index (χ1n) is 5.26. The summed E-state index contributed by atoms with van der Waals surface area (Å²) in [6.07, 6.45) is 1.90. The Hall–Kier alpha value is -1.81. The van der Waals surface area contributed by atoms with Crippen LogP contribution in [0.15, 0.2) is 36.5 Å². The van der Waals surface area contributed by atoms with Crippen LogP contribution in [0, 0.1) is 0 Å². The Morgan fingerprint density at radius 1 is 1.31 bits per heavy atom. The number of nitrogens with one attached hydrogen (secondary N) is 1. The van der Waals surface area contributed by atoms with Gasteiger partial charge >= 0.3 is 0 Å². The zero-order chi connectivity index (χ0) is 11.4. The Labute approximate surface area is 94.6 Å². The molecule has 0 saturated carbocycles. The van der Waals surface area contributed by atoms with Gasteiger partial charge in [-0.25, -0.2) is 4.98 Å². The molecule has 0 aliphatic rings. The highest BCUT2D eigenvalue weighted by atomic mass is 16.3. The molecule has 4 nitrogen and oxygen atoms in total. The van der Waals surface area contributed by atoms with Crippen molar-refractivity contribution in [3.8, 4) is 11.4 Å². The van der Waals surface area contributed by atoms with Gasteiger partial charge in [-0.05, 0) is 0 Å². The van der Waals surface area contributed by atoms with Crippen molar-refractivity contribution in [2.24, 2.45) is 0 Å². The number of imidazole rings is 1. The molecule has 0 atom stereocenters. The zero-order valence-electron chi connectivity index (χ0n) is 9.22. The second kappa shape index (κ2) is 4.81. The number of rotatable bonds is 4. The Kier molecular flexibility index (Phi) is 3.22. The summed E-state index contributed by atoms with van der Waals surface area (Å²) in [5, 5.41) is 12.0. The smallest absolute Gasteiger partial charge is 0.144 e. The van der Waals surface area contributed by atoms with Crippen LogP contribution in [0.25, 0.3) is 11.4 Å². The Morgan fingerprint density at radius 3 is 2.69 bits per heavy atom. The molecule has 2 N–H and O–H groups in total. The molecule has 4 heteroatoms. The van der Waals surface area contributed by atoms with Gasteiger partial charge in [0.15, 0.2) is 0 Å². The van der Waals surface area contributed by atoms with Gasteiger partial charge in [0.25, 0.3) is 0 Å². The molecular weight excluding hydrogens is 202 g/mol. The first-order valence-corrected chi connectivity index (χ1v) is 5.26. The van der Waals surface area contributed by atoms with E-state index >= 15 is 0 Å². The number of aliphatic hydroxyl groups excluding tert-OH is 1. The van der Waals surface area contributed by atoms with Gasteiger partial charge in [-0.15, -0.1) is 0 Å². The second-order valence-electron chi connectivity index (χ2n) is 3.48. The van der Waals surface area contributed by atoms with Crippen molar-refractivity contribution >= 4 is 5.82 Å². The van der Waals surface area contributed by atoms with Crippen molar-refractivity contribution in [1.29, 1.82) is 0 Å². The fourth-order valence-corrected chi connectivity index (χ4v) is 1.63. The van der Waals surface area contributed by atoms with Crippen LogP contribution in [0.3, 0.4) is 0 Å². The lowest BCUT2D eigenvalue weighted by molar-refractivity contribution is 0.277. The highest BCUT2D eigenvalue weighted by molar-refractivity contribution is 5.58. The van der Waals surface area contributed by atoms with Crippen LogP contribution in [0.4, 0.5) is 5.82 Å². The van der Waals surface area contributed by atoms with Crippen LogP contribution in [-0.4, -0.2) is 28.3 Å². The monoisotopic (exact) mass is 217 g/mol. The number of aromatic nitrogens is 2. The second-order valence-corrected chi connectivity index (χ2v) is 3.48. The summed E-state index contributed by atoms with van der Waals surface area (Å²) in [6.45, 7) is 0.665. The first kappa shape index (κ1) is 10.7. The van der Waals surface area contributed by atoms with Crippen LogP contribution >= 0.6 is 0 Å². The maximum Gasteiger partial charge on any atom is 0.144 e. The maximum absolute atomic E-state index is 9.00. The van der Waals surface area contributed by atoms with Gasteiger partial charge in [0.05, 0.1) is 6.61 Å². The standard InChI is InChI=1S/C12H15N3O/c1-13-11-9-15(7-8-16)12(14-11)10-5-3-2-4-6-10/h2-6,9,13,16H,7-8H2,1H3. The van der Waals surface area contributed by atoms with E-state index in [2.05, 4.69) is 10.3 Å². The number of aliphatic hydroxyl groups is 1. The van der Waals surface area contributed by atoms with E-state index in [-0.39, 0.29) is 6.61 Å². The minimum atomic E-state index is 0.110. The van der Waals surface area contributed by atoms with E-state index in [0.29, 0.717) is 6.54 Å². The molecule has 16 heavy (non-hydrogen) atoms. The van der Waals surface area contributed by atoms with E-state index in [1.54, 1.807) is 0 Å². The molecule has 1 aromatic heterocycles. The molecule has 0 aliphatic carbocycles. The molecule has 0 radical (unpaired) electrons. The number of benzene rings is 1. The first-order chi connectivity index (χ1) is 7.85. The van der Waals surface area contributed by atoms with Crippen molar-refractivity contribution in [3.05, 3.63) is 36.5 Å². The van der Waals surface area contributed by atoms with Gasteiger partial charge in [-0.2, -0.15) is 0 Å². The zero-order valence-corrected chi connectivity index (χ0v) is 9.22. The predicted octanol–water partition coefficient (Wildman–Crippen LogP) is 1.58. The van der Waals surface area contributed by atoms with Crippen LogP contribution in [0.1, 0.15) is 0 Å². The molecular formula is C12H15N3O. The van der Waals surface area contributed by atoms with Crippen LogP contribution < -0.4 is 5.32 Å². The fraction of sp³-hybridized carbons (Fsp3) is 0.250. The molecule has 0 amide bonds. The van der Waals surface area contributed by atoms with Gasteiger partial charge < -0.3 is 15.0 Å². The average molecular weight is 217 g/mol. The lowest BCUT2D eigenvalue weighted by Gasteiger charge is -2.04. The molecule has 2 rings (SSSR count). The van der Waals surface area contributed by atoms with Crippen molar-refractivity contribution in [3.63, 3.8) is 0 Å². The van der Waals surface area contributed by atoms with Crippen LogP contribution in [-0.2, 0) is 6.54 Å². The Bertz CT molecular complexity index is 451. The Balaban J connectivity index is 2.42. The van der Waals surface area contributed by atoms with E-state index in [4.69, 9.17) is 5.11 Å². The summed E-state index contributed by atoms with van der Waals surface area (Å²) < 4.78 is 1.95. The molecule has 0 fully saturated rings. The average Bonchev–Trinajstić information content (AvgIpc) is 2.74. The van der Waals surface area contributed by atoms with Gasteiger partial charge in [-0.3, -0.25) is 0 Å². The summed E-state index contributed by atoms with van der Waals surface area (Å²) in [4.78, 5) is 4.46. The van der Waals surface area contributed by atoms with Crippen molar-refractivity contribution in [1.82, 2.24) is 9.55 Å². The predicted molar refractivity (Wildman–Crippen MR) is 64.3 cm³/mol. The highest BCUT2D eigenvalue weighted by Crippen LogP contribution is 2.20. The molecule has 0 aliphatic heterocycles. The third-order valence-corrected chi connectivity index (χ3v) is 2.41. The topological polar surface area (TPSA) is 50.1 Å². The molecule has 1 heterocycles. The van der Waals surface area contributed by atoms with Gasteiger partial charge in [0.1, 0.15) is 11.6 Å². The summed E-state index contributed by atoms with van der Waals surface area (Å²) >= 11 is 0. The third-order valence-electron chi connectivity index (χ3n) is 2.41. The molecule has 0 bridgehead atoms.